The van der Waals surface area contributed by atoms with Crippen LogP contribution < -0.4 is 4.74 Å². The minimum Gasteiger partial charge on any atom is -0.433 e. The third-order valence-corrected chi connectivity index (χ3v) is 2.57. The monoisotopic (exact) mass is 346 g/mol. The van der Waals surface area contributed by atoms with Crippen molar-refractivity contribution in [3.8, 4) is 5.75 Å². The van der Waals surface area contributed by atoms with E-state index in [0.717, 1.165) is 12.1 Å². The normalized spacial score (nSPS) is 13.5. The van der Waals surface area contributed by atoms with E-state index in [2.05, 4.69) is 20.7 Å². The fourth-order valence-electron chi connectivity index (χ4n) is 1.38. The van der Waals surface area contributed by atoms with Crippen LogP contribution >= 0.6 is 15.9 Å². The van der Waals surface area contributed by atoms with E-state index >= 15 is 0 Å². The molecule has 106 valence electrons. The third-order valence-electron chi connectivity index (χ3n) is 2.15. The highest BCUT2D eigenvalue weighted by atomic mass is 79.9. The van der Waals surface area contributed by atoms with Gasteiger partial charge < -0.3 is 4.74 Å². The molecule has 8 heteroatoms. The first kappa shape index (κ1) is 15.9. The summed E-state index contributed by atoms with van der Waals surface area (Å²) in [6.45, 7) is -2.09. The van der Waals surface area contributed by atoms with Gasteiger partial charge in [-0.15, -0.1) is 0 Å². The average molecular weight is 347 g/mol. The summed E-state index contributed by atoms with van der Waals surface area (Å²) < 4.78 is 66.4. The van der Waals surface area contributed by atoms with Crippen LogP contribution in [0.5, 0.6) is 5.75 Å². The molecule has 1 aromatic carbocycles. The lowest BCUT2D eigenvalue weighted by Gasteiger charge is -2.17. The number of ether oxygens (including phenoxy) is 1. The van der Waals surface area contributed by atoms with E-state index in [1.165, 1.54) is 6.92 Å². The summed E-state index contributed by atoms with van der Waals surface area (Å²) >= 11 is 2.88. The van der Waals surface area contributed by atoms with Crippen molar-refractivity contribution in [1.82, 2.24) is 0 Å². The summed E-state index contributed by atoms with van der Waals surface area (Å²) in [5.41, 5.74) is -1.95. The smallest absolute Gasteiger partial charge is 0.419 e. The Bertz CT molecular complexity index is 471. The largest absolute Gasteiger partial charge is 0.433 e. The predicted octanol–water partition coefficient (Wildman–Crippen LogP) is 4.27. The van der Waals surface area contributed by atoms with Crippen LogP contribution in [-0.2, 0) is 6.18 Å². The average Bonchev–Trinajstić information content (AvgIpc) is 2.25. The maximum Gasteiger partial charge on any atom is 0.419 e. The molecule has 1 unspecified atom stereocenters. The van der Waals surface area contributed by atoms with Crippen molar-refractivity contribution in [2.75, 3.05) is 0 Å². The first-order valence-electron chi connectivity index (χ1n) is 4.98. The minimum atomic E-state index is -4.89. The Morgan fingerprint density at radius 3 is 2.32 bits per heavy atom. The second-order valence-corrected chi connectivity index (χ2v) is 4.91. The lowest BCUT2D eigenvalue weighted by molar-refractivity contribution is -0.141. The molecule has 0 N–H and O–H groups in total. The number of benzene rings is 1. The standard InChI is InChI=1S/C11H8BrF5O2/c1-5(12)8(18)6-3-2-4-7(11(15,16)17)9(6)19-10(13)14/h2-5,10H,1H3. The maximum absolute atomic E-state index is 12.7. The van der Waals surface area contributed by atoms with E-state index in [9.17, 15) is 26.7 Å². The lowest BCUT2D eigenvalue weighted by Crippen LogP contribution is -2.18. The molecule has 1 aromatic rings. The number of carbonyl (C=O) groups is 1. The highest BCUT2D eigenvalue weighted by Crippen LogP contribution is 2.39. The van der Waals surface area contributed by atoms with Crippen LogP contribution in [0.4, 0.5) is 22.0 Å². The maximum atomic E-state index is 12.7. The molecule has 0 fully saturated rings. The summed E-state index contributed by atoms with van der Waals surface area (Å²) in [5, 5.41) is 0. The van der Waals surface area contributed by atoms with Gasteiger partial charge in [0.05, 0.1) is 16.0 Å². The fourth-order valence-corrected chi connectivity index (χ4v) is 1.63. The Morgan fingerprint density at radius 2 is 1.89 bits per heavy atom. The van der Waals surface area contributed by atoms with Crippen molar-refractivity contribution < 1.29 is 31.5 Å². The van der Waals surface area contributed by atoms with Gasteiger partial charge in [0.2, 0.25) is 0 Å². The zero-order chi connectivity index (χ0) is 14.8. The zero-order valence-corrected chi connectivity index (χ0v) is 11.1. The number of ketones is 1. The van der Waals surface area contributed by atoms with Crippen LogP contribution in [-0.4, -0.2) is 17.2 Å². The van der Waals surface area contributed by atoms with Crippen LogP contribution in [0.15, 0.2) is 18.2 Å². The van der Waals surface area contributed by atoms with Gasteiger partial charge in [-0.3, -0.25) is 4.79 Å². The summed E-state index contributed by atoms with van der Waals surface area (Å²) in [6, 6.07) is 2.55. The Balaban J connectivity index is 3.43. The molecule has 1 rings (SSSR count). The molecule has 0 aliphatic rings. The van der Waals surface area contributed by atoms with E-state index in [0.29, 0.717) is 6.07 Å². The lowest BCUT2D eigenvalue weighted by atomic mass is 10.0. The number of hydrogen-bond acceptors (Lipinski definition) is 2. The summed E-state index contributed by atoms with van der Waals surface area (Å²) in [6.07, 6.45) is -4.89. The van der Waals surface area contributed by atoms with Crippen molar-refractivity contribution in [2.45, 2.75) is 24.5 Å². The van der Waals surface area contributed by atoms with Crippen molar-refractivity contribution in [3.05, 3.63) is 29.3 Å². The van der Waals surface area contributed by atoms with Gasteiger partial charge in [-0.05, 0) is 19.1 Å². The predicted molar refractivity (Wildman–Crippen MR) is 60.8 cm³/mol. The van der Waals surface area contributed by atoms with Crippen LogP contribution in [0, 0.1) is 0 Å². The molecular formula is C11H8BrF5O2. The van der Waals surface area contributed by atoms with Gasteiger partial charge in [0.15, 0.2) is 5.78 Å². The Morgan fingerprint density at radius 1 is 1.32 bits per heavy atom. The highest BCUT2D eigenvalue weighted by molar-refractivity contribution is 9.10. The minimum absolute atomic E-state index is 0.542. The first-order chi connectivity index (χ1) is 8.64. The highest BCUT2D eigenvalue weighted by Gasteiger charge is 2.37. The summed E-state index contributed by atoms with van der Waals surface area (Å²) in [7, 11) is 0. The molecule has 0 spiro atoms. The zero-order valence-electron chi connectivity index (χ0n) is 9.47. The molecule has 0 bridgehead atoms. The quantitative estimate of drug-likeness (QED) is 0.462. The van der Waals surface area contributed by atoms with E-state index < -0.39 is 40.3 Å². The van der Waals surface area contributed by atoms with Gasteiger partial charge in [-0.2, -0.15) is 22.0 Å². The van der Waals surface area contributed by atoms with Crippen LogP contribution in [0.3, 0.4) is 0 Å². The summed E-state index contributed by atoms with van der Waals surface area (Å²) in [4.78, 5) is 10.9. The molecular weight excluding hydrogens is 339 g/mol. The van der Waals surface area contributed by atoms with Gasteiger partial charge in [-0.25, -0.2) is 0 Å². The van der Waals surface area contributed by atoms with Crippen LogP contribution in [0.1, 0.15) is 22.8 Å². The molecule has 0 saturated heterocycles. The Labute approximate surface area is 113 Å². The van der Waals surface area contributed by atoms with Gasteiger partial charge in [0, 0.05) is 0 Å². The van der Waals surface area contributed by atoms with Gasteiger partial charge in [0.1, 0.15) is 5.75 Å². The number of carbonyl (C=O) groups excluding carboxylic acids is 1. The first-order valence-corrected chi connectivity index (χ1v) is 5.89. The third kappa shape index (κ3) is 3.89. The topological polar surface area (TPSA) is 26.3 Å². The van der Waals surface area contributed by atoms with Crippen molar-refractivity contribution in [2.24, 2.45) is 0 Å². The Hall–Kier alpha value is -1.18. The van der Waals surface area contributed by atoms with Gasteiger partial charge in [-0.1, -0.05) is 22.0 Å². The SMILES string of the molecule is CC(Br)C(=O)c1cccc(C(F)(F)F)c1OC(F)F. The number of Topliss-reactive ketones (excluding diaryl/α,β-unsaturated/α-hetero) is 1. The molecule has 0 amide bonds. The molecule has 0 radical (unpaired) electrons. The summed E-state index contributed by atoms with van der Waals surface area (Å²) in [5.74, 6) is -1.93. The second kappa shape index (κ2) is 5.85. The molecule has 0 saturated carbocycles. The molecule has 0 aromatic heterocycles. The Kier molecular flexibility index (Phi) is 4.89. The van der Waals surface area contributed by atoms with Crippen molar-refractivity contribution in [3.63, 3.8) is 0 Å². The number of alkyl halides is 6. The van der Waals surface area contributed by atoms with Crippen LogP contribution in [0.25, 0.3) is 0 Å². The molecule has 19 heavy (non-hydrogen) atoms. The molecule has 0 aliphatic carbocycles. The van der Waals surface area contributed by atoms with E-state index in [4.69, 9.17) is 0 Å². The number of hydrogen-bond donors (Lipinski definition) is 0. The van der Waals surface area contributed by atoms with Gasteiger partial charge >= 0.3 is 12.8 Å². The number of rotatable bonds is 4. The van der Waals surface area contributed by atoms with Crippen molar-refractivity contribution >= 4 is 21.7 Å². The van der Waals surface area contributed by atoms with E-state index in [-0.39, 0.29) is 0 Å². The van der Waals surface area contributed by atoms with Gasteiger partial charge in [0.25, 0.3) is 0 Å². The van der Waals surface area contributed by atoms with Crippen molar-refractivity contribution in [1.29, 1.82) is 0 Å². The number of halogens is 6. The van der Waals surface area contributed by atoms with E-state index in [1.807, 2.05) is 0 Å². The molecule has 0 aliphatic heterocycles. The fraction of sp³-hybridized carbons (Fsp3) is 0.364. The van der Waals surface area contributed by atoms with Crippen LogP contribution in [0.2, 0.25) is 0 Å². The molecule has 0 heterocycles. The molecule has 2 nitrogen and oxygen atoms in total. The second-order valence-electron chi connectivity index (χ2n) is 3.54. The number of para-hydroxylation sites is 1. The molecule has 1 atom stereocenters. The van der Waals surface area contributed by atoms with E-state index in [1.54, 1.807) is 0 Å².